The molecule has 1 fully saturated rings. The zero-order valence-corrected chi connectivity index (χ0v) is 17.6. The van der Waals surface area contributed by atoms with Gasteiger partial charge in [-0.1, -0.05) is 26.7 Å². The lowest BCUT2D eigenvalue weighted by molar-refractivity contribution is -0.117. The molecule has 26 heavy (non-hydrogen) atoms. The van der Waals surface area contributed by atoms with E-state index in [4.69, 9.17) is 0 Å². The predicted molar refractivity (Wildman–Crippen MR) is 106 cm³/mol. The number of rotatable bonds is 9. The molecule has 148 valence electrons. The zero-order chi connectivity index (χ0) is 19.2. The number of aryl methyl sites for hydroxylation is 2. The number of nitrogens with one attached hydrogen (secondary N) is 1. The highest BCUT2D eigenvalue weighted by Gasteiger charge is 2.27. The van der Waals surface area contributed by atoms with E-state index in [1.807, 2.05) is 18.7 Å². The molecule has 1 amide bonds. The highest BCUT2D eigenvalue weighted by molar-refractivity contribution is 7.89. The second-order valence-corrected chi connectivity index (χ2v) is 9.91. The van der Waals surface area contributed by atoms with Gasteiger partial charge >= 0.3 is 0 Å². The summed E-state index contributed by atoms with van der Waals surface area (Å²) < 4.78 is 26.2. The zero-order valence-electron chi connectivity index (χ0n) is 16.0. The number of anilines is 1. The molecule has 0 aliphatic carbocycles. The van der Waals surface area contributed by atoms with Gasteiger partial charge < -0.3 is 5.32 Å². The van der Waals surface area contributed by atoms with E-state index in [9.17, 15) is 13.2 Å². The maximum absolute atomic E-state index is 12.3. The first-order chi connectivity index (χ1) is 12.4. The Bertz CT molecular complexity index is 695. The van der Waals surface area contributed by atoms with Crippen LogP contribution in [-0.2, 0) is 21.2 Å². The van der Waals surface area contributed by atoms with Crippen LogP contribution in [0.5, 0.6) is 0 Å². The lowest BCUT2D eigenvalue weighted by Crippen LogP contribution is -2.50. The molecule has 0 radical (unpaired) electrons. The molecule has 0 bridgehead atoms. The van der Waals surface area contributed by atoms with E-state index in [-0.39, 0.29) is 18.2 Å². The first-order valence-electron chi connectivity index (χ1n) is 9.32. The van der Waals surface area contributed by atoms with Gasteiger partial charge in [0.2, 0.25) is 15.9 Å². The molecule has 2 rings (SSSR count). The number of hydrogen-bond acceptors (Lipinski definition) is 6. The summed E-state index contributed by atoms with van der Waals surface area (Å²) in [5, 5.41) is 3.50. The number of sulfonamides is 1. The van der Waals surface area contributed by atoms with Crippen LogP contribution in [0, 0.1) is 6.92 Å². The van der Waals surface area contributed by atoms with Crippen molar-refractivity contribution in [1.29, 1.82) is 0 Å². The number of nitrogens with zero attached hydrogens (tertiary/aromatic N) is 3. The minimum Gasteiger partial charge on any atom is -0.301 e. The van der Waals surface area contributed by atoms with Gasteiger partial charge in [0.15, 0.2) is 5.13 Å². The SMILES string of the molecule is CCCCCS(=O)(=O)N1CCN(CC(=O)Nc2nc(CC)c(C)s2)CC1. The van der Waals surface area contributed by atoms with Crippen LogP contribution in [-0.4, -0.2) is 67.0 Å². The maximum atomic E-state index is 12.3. The lowest BCUT2D eigenvalue weighted by atomic mass is 10.3. The Labute approximate surface area is 160 Å². The van der Waals surface area contributed by atoms with Crippen molar-refractivity contribution in [2.45, 2.75) is 46.5 Å². The summed E-state index contributed by atoms with van der Waals surface area (Å²) in [4.78, 5) is 19.8. The molecule has 1 aromatic heterocycles. The van der Waals surface area contributed by atoms with E-state index in [1.165, 1.54) is 11.3 Å². The van der Waals surface area contributed by atoms with Crippen molar-refractivity contribution >= 4 is 32.4 Å². The summed E-state index contributed by atoms with van der Waals surface area (Å²) in [6.45, 7) is 8.46. The summed E-state index contributed by atoms with van der Waals surface area (Å²) in [5.41, 5.74) is 1.02. The van der Waals surface area contributed by atoms with Crippen molar-refractivity contribution in [2.75, 3.05) is 43.8 Å². The van der Waals surface area contributed by atoms with Crippen molar-refractivity contribution < 1.29 is 13.2 Å². The molecule has 0 saturated carbocycles. The van der Waals surface area contributed by atoms with Gasteiger partial charge in [-0.05, 0) is 19.8 Å². The summed E-state index contributed by atoms with van der Waals surface area (Å²) in [5.74, 6) is 0.130. The Morgan fingerprint density at radius 1 is 1.19 bits per heavy atom. The van der Waals surface area contributed by atoms with E-state index < -0.39 is 10.0 Å². The molecular weight excluding hydrogens is 372 g/mol. The minimum absolute atomic E-state index is 0.0966. The normalized spacial score (nSPS) is 16.7. The summed E-state index contributed by atoms with van der Waals surface area (Å²) in [6.07, 6.45) is 3.52. The first-order valence-corrected chi connectivity index (χ1v) is 11.7. The topological polar surface area (TPSA) is 82.6 Å². The molecule has 0 unspecified atom stereocenters. The minimum atomic E-state index is -3.16. The van der Waals surface area contributed by atoms with Gasteiger partial charge in [0.25, 0.3) is 0 Å². The Morgan fingerprint density at radius 3 is 2.46 bits per heavy atom. The van der Waals surface area contributed by atoms with Crippen LogP contribution >= 0.6 is 11.3 Å². The second-order valence-electron chi connectivity index (χ2n) is 6.62. The van der Waals surface area contributed by atoms with E-state index >= 15 is 0 Å². The standard InChI is InChI=1S/C17H30N4O3S2/c1-4-6-7-12-26(23,24)21-10-8-20(9-11-21)13-16(22)19-17-18-15(5-2)14(3)25-17/h4-13H2,1-3H3,(H,18,19,22). The molecule has 7 nitrogen and oxygen atoms in total. The number of amides is 1. The van der Waals surface area contributed by atoms with Crippen molar-refractivity contribution in [3.8, 4) is 0 Å². The fourth-order valence-corrected chi connectivity index (χ4v) is 5.47. The number of unbranched alkanes of at least 4 members (excludes halogenated alkanes) is 2. The fourth-order valence-electron chi connectivity index (χ4n) is 3.00. The third-order valence-electron chi connectivity index (χ3n) is 4.57. The largest absolute Gasteiger partial charge is 0.301 e. The molecule has 2 heterocycles. The average Bonchev–Trinajstić information content (AvgIpc) is 2.94. The number of piperazine rings is 1. The molecule has 0 aromatic carbocycles. The summed E-state index contributed by atoms with van der Waals surface area (Å²) in [6, 6.07) is 0. The van der Waals surface area contributed by atoms with Gasteiger partial charge in [-0.2, -0.15) is 4.31 Å². The van der Waals surface area contributed by atoms with Crippen LogP contribution in [0.3, 0.4) is 0 Å². The van der Waals surface area contributed by atoms with Gasteiger partial charge in [0.1, 0.15) is 0 Å². The maximum Gasteiger partial charge on any atom is 0.240 e. The van der Waals surface area contributed by atoms with Crippen molar-refractivity contribution in [3.05, 3.63) is 10.6 Å². The van der Waals surface area contributed by atoms with Crippen LogP contribution < -0.4 is 5.32 Å². The monoisotopic (exact) mass is 402 g/mol. The molecule has 1 aromatic rings. The second kappa shape index (κ2) is 9.77. The van der Waals surface area contributed by atoms with E-state index in [2.05, 4.69) is 17.2 Å². The fraction of sp³-hybridized carbons (Fsp3) is 0.765. The Kier molecular flexibility index (Phi) is 8.00. The van der Waals surface area contributed by atoms with Gasteiger partial charge in [0.05, 0.1) is 18.0 Å². The van der Waals surface area contributed by atoms with Crippen molar-refractivity contribution in [1.82, 2.24) is 14.2 Å². The van der Waals surface area contributed by atoms with Gasteiger partial charge in [0, 0.05) is 31.1 Å². The molecule has 1 aliphatic rings. The Morgan fingerprint density at radius 2 is 1.88 bits per heavy atom. The lowest BCUT2D eigenvalue weighted by Gasteiger charge is -2.33. The third kappa shape index (κ3) is 6.00. The molecule has 1 N–H and O–H groups in total. The van der Waals surface area contributed by atoms with Crippen LogP contribution in [0.25, 0.3) is 0 Å². The third-order valence-corrected chi connectivity index (χ3v) is 7.46. The summed E-state index contributed by atoms with van der Waals surface area (Å²) in [7, 11) is -3.16. The smallest absolute Gasteiger partial charge is 0.240 e. The van der Waals surface area contributed by atoms with E-state index in [0.717, 1.165) is 29.8 Å². The predicted octanol–water partition coefficient (Wildman–Crippen LogP) is 2.09. The van der Waals surface area contributed by atoms with Gasteiger partial charge in [-0.3, -0.25) is 9.69 Å². The Hall–Kier alpha value is -1.03. The molecular formula is C17H30N4O3S2. The quantitative estimate of drug-likeness (QED) is 0.640. The van der Waals surface area contributed by atoms with Crippen LogP contribution in [0.2, 0.25) is 0 Å². The number of hydrogen-bond donors (Lipinski definition) is 1. The number of aromatic nitrogens is 1. The molecule has 9 heteroatoms. The van der Waals surface area contributed by atoms with Crippen LogP contribution in [0.4, 0.5) is 5.13 Å². The van der Waals surface area contributed by atoms with Crippen LogP contribution in [0.15, 0.2) is 0 Å². The van der Waals surface area contributed by atoms with Crippen LogP contribution in [0.1, 0.15) is 43.7 Å². The highest BCUT2D eigenvalue weighted by atomic mass is 32.2. The average molecular weight is 403 g/mol. The Balaban J connectivity index is 1.78. The summed E-state index contributed by atoms with van der Waals surface area (Å²) >= 11 is 1.49. The number of carbonyl (C=O) groups excluding carboxylic acids is 1. The molecule has 0 spiro atoms. The van der Waals surface area contributed by atoms with Crippen molar-refractivity contribution in [2.24, 2.45) is 0 Å². The number of thiazole rings is 1. The van der Waals surface area contributed by atoms with E-state index in [1.54, 1.807) is 4.31 Å². The van der Waals surface area contributed by atoms with E-state index in [0.29, 0.717) is 37.7 Å². The molecule has 0 atom stereocenters. The van der Waals surface area contributed by atoms with Gasteiger partial charge in [-0.25, -0.2) is 13.4 Å². The number of carbonyl (C=O) groups is 1. The highest BCUT2D eigenvalue weighted by Crippen LogP contribution is 2.22. The molecule has 1 saturated heterocycles. The van der Waals surface area contributed by atoms with Crippen molar-refractivity contribution in [3.63, 3.8) is 0 Å². The first kappa shape index (κ1) is 21.3. The molecule has 1 aliphatic heterocycles. The van der Waals surface area contributed by atoms with Gasteiger partial charge in [-0.15, -0.1) is 11.3 Å².